The molecule has 0 spiro atoms. The topological polar surface area (TPSA) is 26.3 Å². The predicted molar refractivity (Wildman–Crippen MR) is 92.6 cm³/mol. The van der Waals surface area contributed by atoms with Crippen molar-refractivity contribution in [2.45, 2.75) is 64.9 Å². The van der Waals surface area contributed by atoms with Gasteiger partial charge in [0.15, 0.2) is 0 Å². The summed E-state index contributed by atoms with van der Waals surface area (Å²) in [5.74, 6) is 1.91. The molecule has 3 rings (SSSR count). The number of ether oxygens (including phenoxy) is 1. The monoisotopic (exact) mass is 366 g/mol. The third-order valence-electron chi connectivity index (χ3n) is 6.54. The molecule has 0 amide bonds. The van der Waals surface area contributed by atoms with Crippen molar-refractivity contribution in [3.63, 3.8) is 0 Å². The lowest BCUT2D eigenvalue weighted by Gasteiger charge is -2.44. The molecule has 3 fully saturated rings. The minimum Gasteiger partial charge on any atom is -0.459 e. The Balaban J connectivity index is 1.69. The van der Waals surface area contributed by atoms with E-state index in [-0.39, 0.29) is 12.1 Å². The number of allylic oxidation sites excluding steroid dienone is 1. The molecule has 0 N–H and O–H groups in total. The number of rotatable bonds is 3. The van der Waals surface area contributed by atoms with E-state index >= 15 is 0 Å². The zero-order valence-electron chi connectivity index (χ0n) is 13.7. The lowest BCUT2D eigenvalue weighted by atomic mass is 9.61. The Kier molecular flexibility index (Phi) is 4.55. The molecule has 2 aliphatic carbocycles. The van der Waals surface area contributed by atoms with Crippen molar-refractivity contribution in [3.05, 3.63) is 22.7 Å². The first-order valence-electron chi connectivity index (χ1n) is 8.63. The van der Waals surface area contributed by atoms with E-state index in [0.717, 1.165) is 24.7 Å². The molecule has 122 valence electrons. The highest BCUT2D eigenvalue weighted by atomic mass is 79.9. The van der Waals surface area contributed by atoms with Gasteiger partial charge in [0.05, 0.1) is 0 Å². The van der Waals surface area contributed by atoms with Gasteiger partial charge in [-0.1, -0.05) is 41.9 Å². The fourth-order valence-corrected chi connectivity index (χ4v) is 6.04. The SMILES string of the molecule is C=C1C[C@@H](C[C@@H](C)[C@H]2CCC3C(=CBr)CCC[C@]32C)OC1=O. The first kappa shape index (κ1) is 16.3. The van der Waals surface area contributed by atoms with Crippen molar-refractivity contribution in [1.29, 1.82) is 0 Å². The van der Waals surface area contributed by atoms with Crippen molar-refractivity contribution >= 4 is 21.9 Å². The molecule has 1 unspecified atom stereocenters. The van der Waals surface area contributed by atoms with Gasteiger partial charge in [-0.15, -0.1) is 0 Å². The third-order valence-corrected chi connectivity index (χ3v) is 7.12. The average molecular weight is 367 g/mol. The Labute approximate surface area is 142 Å². The molecular formula is C19H27BrO2. The van der Waals surface area contributed by atoms with Crippen LogP contribution in [0.1, 0.15) is 58.8 Å². The summed E-state index contributed by atoms with van der Waals surface area (Å²) in [7, 11) is 0. The van der Waals surface area contributed by atoms with Crippen LogP contribution in [0.15, 0.2) is 22.7 Å². The fraction of sp³-hybridized carbons (Fsp3) is 0.737. The quantitative estimate of drug-likeness (QED) is 0.495. The van der Waals surface area contributed by atoms with Gasteiger partial charge in [0.1, 0.15) is 6.10 Å². The highest BCUT2D eigenvalue weighted by Crippen LogP contribution is 2.60. The number of esters is 1. The first-order chi connectivity index (χ1) is 10.5. The van der Waals surface area contributed by atoms with Crippen LogP contribution in [0.4, 0.5) is 0 Å². The van der Waals surface area contributed by atoms with Crippen LogP contribution in [-0.4, -0.2) is 12.1 Å². The van der Waals surface area contributed by atoms with E-state index in [4.69, 9.17) is 4.74 Å². The minimum absolute atomic E-state index is 0.0624. The van der Waals surface area contributed by atoms with E-state index in [2.05, 4.69) is 41.3 Å². The molecule has 0 aromatic rings. The molecule has 1 saturated heterocycles. The molecular weight excluding hydrogens is 340 g/mol. The first-order valence-corrected chi connectivity index (χ1v) is 9.55. The summed E-state index contributed by atoms with van der Waals surface area (Å²) in [6.45, 7) is 8.66. The standard InChI is InChI=1S/C19H27BrO2/c1-12(9-15-10-13(2)18(21)22-15)16-6-7-17-14(11-20)5-4-8-19(16,17)3/h11-12,15-17H,2,4-10H2,1,3H3/t12-,15-,16-,17?,19+/m1/s1. The van der Waals surface area contributed by atoms with E-state index in [1.165, 1.54) is 32.1 Å². The number of cyclic esters (lactones) is 1. The zero-order valence-corrected chi connectivity index (χ0v) is 15.3. The number of halogens is 1. The van der Waals surface area contributed by atoms with Gasteiger partial charge in [-0.2, -0.15) is 0 Å². The summed E-state index contributed by atoms with van der Waals surface area (Å²) in [6.07, 6.45) is 8.32. The van der Waals surface area contributed by atoms with Crippen LogP contribution >= 0.6 is 15.9 Å². The molecule has 5 atom stereocenters. The molecule has 3 aliphatic rings. The van der Waals surface area contributed by atoms with Crippen molar-refractivity contribution in [1.82, 2.24) is 0 Å². The second kappa shape index (κ2) is 6.14. The molecule has 2 nitrogen and oxygen atoms in total. The van der Waals surface area contributed by atoms with Crippen LogP contribution in [0, 0.1) is 23.2 Å². The smallest absolute Gasteiger partial charge is 0.333 e. The molecule has 3 heteroatoms. The van der Waals surface area contributed by atoms with Gasteiger partial charge in [-0.25, -0.2) is 4.79 Å². The Hall–Kier alpha value is -0.570. The zero-order chi connectivity index (χ0) is 15.9. The minimum atomic E-state index is -0.185. The Morgan fingerprint density at radius 2 is 2.27 bits per heavy atom. The normalized spacial score (nSPS) is 41.6. The van der Waals surface area contributed by atoms with E-state index in [1.807, 2.05) is 0 Å². The average Bonchev–Trinajstić information content (AvgIpc) is 2.98. The molecule has 0 aromatic heterocycles. The van der Waals surface area contributed by atoms with Gasteiger partial charge in [-0.3, -0.25) is 0 Å². The predicted octanol–water partition coefficient (Wildman–Crippen LogP) is 5.38. The Bertz CT molecular complexity index is 494. The highest BCUT2D eigenvalue weighted by Gasteiger charge is 2.51. The summed E-state index contributed by atoms with van der Waals surface area (Å²) < 4.78 is 5.46. The summed E-state index contributed by atoms with van der Waals surface area (Å²) >= 11 is 3.58. The van der Waals surface area contributed by atoms with Crippen molar-refractivity contribution in [2.75, 3.05) is 0 Å². The van der Waals surface area contributed by atoms with Crippen LogP contribution in [0.25, 0.3) is 0 Å². The second-order valence-electron chi connectivity index (χ2n) is 7.83. The third kappa shape index (κ3) is 2.70. The van der Waals surface area contributed by atoms with E-state index in [0.29, 0.717) is 16.9 Å². The van der Waals surface area contributed by atoms with Gasteiger partial charge in [0.2, 0.25) is 0 Å². The lowest BCUT2D eigenvalue weighted by molar-refractivity contribution is -0.139. The summed E-state index contributed by atoms with van der Waals surface area (Å²) in [6, 6.07) is 0. The van der Waals surface area contributed by atoms with Gasteiger partial charge in [0, 0.05) is 12.0 Å². The van der Waals surface area contributed by atoms with Gasteiger partial charge >= 0.3 is 5.97 Å². The number of carbonyl (C=O) groups is 1. The Morgan fingerprint density at radius 3 is 2.91 bits per heavy atom. The van der Waals surface area contributed by atoms with Gasteiger partial charge in [0.25, 0.3) is 0 Å². The largest absolute Gasteiger partial charge is 0.459 e. The maximum Gasteiger partial charge on any atom is 0.333 e. The van der Waals surface area contributed by atoms with Crippen LogP contribution in [0.3, 0.4) is 0 Å². The number of hydrogen-bond acceptors (Lipinski definition) is 2. The van der Waals surface area contributed by atoms with E-state index in [1.54, 1.807) is 5.57 Å². The second-order valence-corrected chi connectivity index (χ2v) is 8.29. The van der Waals surface area contributed by atoms with E-state index < -0.39 is 0 Å². The van der Waals surface area contributed by atoms with Crippen molar-refractivity contribution in [3.8, 4) is 0 Å². The Morgan fingerprint density at radius 1 is 1.50 bits per heavy atom. The van der Waals surface area contributed by atoms with Crippen LogP contribution in [0.2, 0.25) is 0 Å². The van der Waals surface area contributed by atoms with Crippen LogP contribution in [0.5, 0.6) is 0 Å². The maximum atomic E-state index is 11.5. The molecule has 22 heavy (non-hydrogen) atoms. The number of carbonyl (C=O) groups excluding carboxylic acids is 1. The molecule has 0 aromatic carbocycles. The van der Waals surface area contributed by atoms with Crippen LogP contribution in [-0.2, 0) is 9.53 Å². The summed E-state index contributed by atoms with van der Waals surface area (Å²) in [5.41, 5.74) is 2.69. The van der Waals surface area contributed by atoms with E-state index in [9.17, 15) is 4.79 Å². The maximum absolute atomic E-state index is 11.5. The molecule has 2 saturated carbocycles. The molecule has 0 bridgehead atoms. The molecule has 1 heterocycles. The summed E-state index contributed by atoms with van der Waals surface area (Å²) in [5, 5.41) is 0. The number of hydrogen-bond donors (Lipinski definition) is 0. The number of fused-ring (bicyclic) bond motifs is 1. The lowest BCUT2D eigenvalue weighted by Crippen LogP contribution is -2.36. The highest BCUT2D eigenvalue weighted by molar-refractivity contribution is 9.11. The molecule has 1 aliphatic heterocycles. The summed E-state index contributed by atoms with van der Waals surface area (Å²) in [4.78, 5) is 13.7. The van der Waals surface area contributed by atoms with Gasteiger partial charge < -0.3 is 4.74 Å². The van der Waals surface area contributed by atoms with Gasteiger partial charge in [-0.05, 0) is 66.7 Å². The van der Waals surface area contributed by atoms with Crippen LogP contribution < -0.4 is 0 Å². The van der Waals surface area contributed by atoms with Crippen molar-refractivity contribution in [2.24, 2.45) is 23.2 Å². The van der Waals surface area contributed by atoms with Crippen molar-refractivity contribution < 1.29 is 9.53 Å². The molecule has 0 radical (unpaired) electrons. The fourth-order valence-electron chi connectivity index (χ4n) is 5.49.